The van der Waals surface area contributed by atoms with E-state index < -0.39 is 110 Å². The number of nitro benzene ring substituents is 3. The monoisotopic (exact) mass is 1430 g/mol. The lowest BCUT2D eigenvalue weighted by Gasteiger charge is -2.27. The molecular weight excluding hydrogens is 1340 g/mol. The molecule has 4 atom stereocenters. The van der Waals surface area contributed by atoms with Crippen LogP contribution < -0.4 is 68.2 Å². The number of benzene rings is 5. The summed E-state index contributed by atoms with van der Waals surface area (Å²) in [7, 11) is 0. The molecule has 0 unspecified atom stereocenters. The fraction of sp³-hybridized carbons (Fsp3) is 0.394. The number of urea groups is 2. The number of carbonyl (C=O) groups excluding carboxylic acids is 10. The Kier molecular flexibility index (Phi) is 34.0. The fourth-order valence-electron chi connectivity index (χ4n) is 8.26. The van der Waals surface area contributed by atoms with E-state index in [9.17, 15) is 78.3 Å². The maximum absolute atomic E-state index is 13.2. The molecule has 13 N–H and O–H groups in total. The predicted octanol–water partition coefficient (Wildman–Crippen LogP) is 8.41. The third kappa shape index (κ3) is 33.3. The number of nitro groups is 3. The van der Waals surface area contributed by atoms with Gasteiger partial charge in [0.2, 0.25) is 23.6 Å². The minimum atomic E-state index is -1.07. The van der Waals surface area contributed by atoms with Crippen molar-refractivity contribution in [2.24, 2.45) is 23.3 Å². The largest absolute Gasteiger partial charge is 0.519 e. The molecule has 0 bridgehead atoms. The van der Waals surface area contributed by atoms with Gasteiger partial charge >= 0.3 is 36.6 Å². The molecule has 0 aliphatic heterocycles. The number of alkyl carbamates (subject to hydrolysis) is 2. The van der Waals surface area contributed by atoms with Crippen LogP contribution in [-0.2, 0) is 46.6 Å². The van der Waals surface area contributed by atoms with E-state index in [0.29, 0.717) is 35.3 Å². The summed E-state index contributed by atoms with van der Waals surface area (Å²) in [5.41, 5.74) is 10.3. The van der Waals surface area contributed by atoms with Crippen molar-refractivity contribution in [2.75, 3.05) is 23.7 Å². The van der Waals surface area contributed by atoms with E-state index in [4.69, 9.17) is 45.0 Å². The topological polar surface area (TPSA) is 524 Å². The summed E-state index contributed by atoms with van der Waals surface area (Å²) in [6, 6.07) is 22.2. The van der Waals surface area contributed by atoms with Crippen LogP contribution in [0.2, 0.25) is 0 Å². The summed E-state index contributed by atoms with van der Waals surface area (Å²) in [6.45, 7) is 17.3. The number of primary amides is 2. The number of aliphatic hydroxyl groups excluding tert-OH is 1. The zero-order valence-corrected chi connectivity index (χ0v) is 57.6. The quantitative estimate of drug-likeness (QED) is 0.00534. The number of nitrogens with zero attached hydrogens (tertiary/aromatic N) is 3. The molecule has 0 spiro atoms. The first kappa shape index (κ1) is 84.0. The lowest BCUT2D eigenvalue weighted by molar-refractivity contribution is -0.385. The predicted molar refractivity (Wildman–Crippen MR) is 366 cm³/mol. The molecule has 5 aromatic carbocycles. The fourth-order valence-corrected chi connectivity index (χ4v) is 8.26. The van der Waals surface area contributed by atoms with E-state index in [1.54, 1.807) is 118 Å². The summed E-state index contributed by atoms with van der Waals surface area (Å²) in [4.78, 5) is 152. The Morgan fingerprint density at radius 2 is 0.765 bits per heavy atom. The molecule has 0 aromatic heterocycles. The van der Waals surface area contributed by atoms with Gasteiger partial charge in [-0.1, -0.05) is 52.0 Å². The number of nitrogens with one attached hydrogen (secondary N) is 8. The van der Waals surface area contributed by atoms with E-state index in [1.165, 1.54) is 72.8 Å². The molecule has 5 rings (SSSR count). The van der Waals surface area contributed by atoms with E-state index in [-0.39, 0.29) is 85.3 Å². The minimum Gasteiger partial charge on any atom is -0.444 e. The molecule has 0 heterocycles. The summed E-state index contributed by atoms with van der Waals surface area (Å²) < 4.78 is 30.2. The molecule has 102 heavy (non-hydrogen) atoms. The molecule has 0 aliphatic carbocycles. The van der Waals surface area contributed by atoms with Gasteiger partial charge in [-0.15, -0.1) is 0 Å². The van der Waals surface area contributed by atoms with Gasteiger partial charge in [0.05, 0.1) is 21.4 Å². The third-order valence-corrected chi connectivity index (χ3v) is 13.2. The van der Waals surface area contributed by atoms with Crippen molar-refractivity contribution < 1.29 is 96.2 Å². The van der Waals surface area contributed by atoms with Gasteiger partial charge in [0.1, 0.15) is 59.2 Å². The zero-order chi connectivity index (χ0) is 76.4. The molecule has 10 amide bonds. The van der Waals surface area contributed by atoms with Crippen LogP contribution in [0.3, 0.4) is 0 Å². The molecular formula is C66H85N13O23. The lowest BCUT2D eigenvalue weighted by atomic mass is 10.0. The Labute approximate surface area is 585 Å². The van der Waals surface area contributed by atoms with Crippen LogP contribution in [0.4, 0.5) is 57.2 Å². The number of ether oxygens (including phenoxy) is 6. The number of hydrogen-bond acceptors (Lipinski definition) is 23. The summed E-state index contributed by atoms with van der Waals surface area (Å²) in [5, 5.41) is 61.7. The van der Waals surface area contributed by atoms with Crippen LogP contribution in [0.1, 0.15) is 106 Å². The van der Waals surface area contributed by atoms with Crippen molar-refractivity contribution in [1.29, 1.82) is 0 Å². The van der Waals surface area contributed by atoms with Crippen molar-refractivity contribution in [1.82, 2.24) is 31.9 Å². The van der Waals surface area contributed by atoms with Crippen molar-refractivity contribution in [3.05, 3.63) is 163 Å². The number of rotatable bonds is 29. The number of amides is 10. The van der Waals surface area contributed by atoms with E-state index in [0.717, 1.165) is 0 Å². The molecule has 0 radical (unpaired) electrons. The average Bonchev–Trinajstić information content (AvgIpc) is 0.873. The molecule has 0 saturated carbocycles. The standard InChI is InChI=1S/C30H40N6O10.C23H37N5O6.C13H8N2O7/c1-18(2)24(35-28(40)46-30(3,4)5)26(38)34-23(7-6-16-32-27(31)39)25(37)33-20-10-8-19(9-11-20)17-44-29(41)45-22-14-12-21(13-15-22)36(42)43;1-14(2)18(28-22(33)34-23(3,4)5)20(31)27-17(7-6-12-25-21(24)32)19(30)26-16-10-8-15(13-29)9-11-16;16-13(21-11-5-1-9(2-6-11)14(17)18)22-12-7-3-10(4-8-12)15(19)20/h8-15,18,23-24H,6-7,16-17H2,1-5H3,(H,33,37)(H,34,38)(H,35,40)(H3,31,32,39);8-11,14,17-18,29H,6-7,12-13H2,1-5H3,(H,26,30)(H,27,31)(H,28,33)(H3,24,25,32);1-8H/t23-,24-;17-,18-;/m00./s1. The molecule has 36 heteroatoms. The van der Waals surface area contributed by atoms with Gasteiger partial charge in [-0.3, -0.25) is 49.5 Å². The highest BCUT2D eigenvalue weighted by atomic mass is 16.7. The van der Waals surface area contributed by atoms with E-state index >= 15 is 0 Å². The summed E-state index contributed by atoms with van der Waals surface area (Å²) >= 11 is 0. The van der Waals surface area contributed by atoms with Gasteiger partial charge in [0.25, 0.3) is 17.1 Å². The van der Waals surface area contributed by atoms with Gasteiger partial charge in [-0.05, 0) is 151 Å². The van der Waals surface area contributed by atoms with E-state index in [1.807, 2.05) is 0 Å². The van der Waals surface area contributed by atoms with Gasteiger partial charge in [-0.2, -0.15) is 0 Å². The maximum Gasteiger partial charge on any atom is 0.519 e. The van der Waals surface area contributed by atoms with Crippen LogP contribution in [0.5, 0.6) is 17.2 Å². The second-order valence-electron chi connectivity index (χ2n) is 24.6. The second-order valence-corrected chi connectivity index (χ2v) is 24.6. The molecule has 0 fully saturated rings. The first-order valence-electron chi connectivity index (χ1n) is 31.4. The molecule has 0 aliphatic rings. The smallest absolute Gasteiger partial charge is 0.444 e. The summed E-state index contributed by atoms with van der Waals surface area (Å²) in [5.74, 6) is -2.58. The van der Waals surface area contributed by atoms with Gasteiger partial charge in [0.15, 0.2) is 0 Å². The second kappa shape index (κ2) is 41.2. The maximum atomic E-state index is 13.2. The van der Waals surface area contributed by atoms with Crippen LogP contribution in [0, 0.1) is 42.2 Å². The highest BCUT2D eigenvalue weighted by Gasteiger charge is 2.33. The Morgan fingerprint density at radius 1 is 0.451 bits per heavy atom. The number of carbonyl (C=O) groups is 10. The average molecular weight is 1430 g/mol. The highest BCUT2D eigenvalue weighted by Crippen LogP contribution is 2.23. The lowest BCUT2D eigenvalue weighted by Crippen LogP contribution is -2.55. The van der Waals surface area contributed by atoms with Gasteiger partial charge in [-0.25, -0.2) is 28.8 Å². The molecule has 552 valence electrons. The van der Waals surface area contributed by atoms with Crippen molar-refractivity contribution in [3.63, 3.8) is 0 Å². The Bertz CT molecular complexity index is 3600. The Hall–Kier alpha value is -12.2. The third-order valence-electron chi connectivity index (χ3n) is 13.2. The highest BCUT2D eigenvalue weighted by molar-refractivity contribution is 5.99. The molecule has 0 saturated heterocycles. The van der Waals surface area contributed by atoms with Crippen LogP contribution in [0.15, 0.2) is 121 Å². The number of nitrogens with two attached hydrogens (primary N) is 2. The van der Waals surface area contributed by atoms with Crippen LogP contribution in [-0.4, -0.2) is 129 Å². The number of anilines is 2. The van der Waals surface area contributed by atoms with Crippen molar-refractivity contribution in [3.8, 4) is 17.2 Å². The first-order valence-corrected chi connectivity index (χ1v) is 31.4. The van der Waals surface area contributed by atoms with Gasteiger partial charge in [0, 0.05) is 60.9 Å². The zero-order valence-electron chi connectivity index (χ0n) is 57.6. The van der Waals surface area contributed by atoms with Crippen molar-refractivity contribution in [2.45, 2.75) is 144 Å². The Morgan fingerprint density at radius 3 is 1.05 bits per heavy atom. The molecule has 36 nitrogen and oxygen atoms in total. The SMILES string of the molecule is CC(C)[C@H](NC(=O)OC(C)(C)C)C(=O)N[C@@H](CCCNC(N)=O)C(=O)Nc1ccc(CO)cc1.CC(C)[C@H](NC(=O)OC(C)(C)C)C(=O)N[C@@H](CCCNC(N)=O)C(=O)Nc1ccc(COC(=O)Oc2ccc([N+](=O)[O-])cc2)cc1.O=C(Oc1ccc([N+](=O)[O-])cc1)Oc1ccc([N+](=O)[O-])cc1. The summed E-state index contributed by atoms with van der Waals surface area (Å²) in [6.07, 6.45) is -2.58. The van der Waals surface area contributed by atoms with Gasteiger partial charge < -0.3 is 87.5 Å². The Balaban J connectivity index is 0.000000423. The first-order chi connectivity index (χ1) is 47.8. The molecule has 5 aromatic rings. The normalized spacial score (nSPS) is 11.9. The van der Waals surface area contributed by atoms with Crippen LogP contribution >= 0.6 is 0 Å². The van der Waals surface area contributed by atoms with E-state index in [2.05, 4.69) is 42.5 Å². The number of hydrogen-bond donors (Lipinski definition) is 11. The minimum absolute atomic E-state index is 0.0671. The number of non-ortho nitro benzene ring substituents is 3. The van der Waals surface area contributed by atoms with Crippen molar-refractivity contribution >= 4 is 88.6 Å². The number of aliphatic hydroxyl groups is 1. The van der Waals surface area contributed by atoms with Crippen LogP contribution in [0.25, 0.3) is 0 Å².